The Morgan fingerprint density at radius 3 is 2.19 bits per heavy atom. The summed E-state index contributed by atoms with van der Waals surface area (Å²) in [5.41, 5.74) is 9.12. The molecule has 2 aromatic rings. The van der Waals surface area contributed by atoms with E-state index in [0.29, 0.717) is 6.61 Å². The number of ether oxygens (including phenoxy) is 1. The molecule has 0 atom stereocenters. The smallest absolute Gasteiger partial charge is 0.119 e. The molecule has 0 bridgehead atoms. The van der Waals surface area contributed by atoms with Gasteiger partial charge >= 0.3 is 0 Å². The highest BCUT2D eigenvalue weighted by Gasteiger charge is 2.01. The molecule has 3 nitrogen and oxygen atoms in total. The Morgan fingerprint density at radius 1 is 0.952 bits per heavy atom. The topological polar surface area (TPSA) is 38.5 Å². The van der Waals surface area contributed by atoms with Gasteiger partial charge in [0.2, 0.25) is 0 Å². The minimum absolute atomic E-state index is 0.674. The fourth-order valence-corrected chi connectivity index (χ4v) is 2.15. The summed E-state index contributed by atoms with van der Waals surface area (Å²) in [6.07, 6.45) is 1.09. The minimum Gasteiger partial charge on any atom is -0.492 e. The molecular formula is C18H24N2O. The van der Waals surface area contributed by atoms with Crippen LogP contribution >= 0.6 is 0 Å². The second-order valence-corrected chi connectivity index (χ2v) is 5.33. The first-order valence-corrected chi connectivity index (χ1v) is 7.42. The van der Waals surface area contributed by atoms with Gasteiger partial charge in [-0.3, -0.25) is 4.90 Å². The van der Waals surface area contributed by atoms with Crippen LogP contribution in [-0.4, -0.2) is 25.1 Å². The summed E-state index contributed by atoms with van der Waals surface area (Å²) in [5, 5.41) is 0. The fraction of sp³-hybridized carbons (Fsp3) is 0.333. The van der Waals surface area contributed by atoms with E-state index < -0.39 is 0 Å². The SMILES string of the molecule is CCc1ccc(CN(C)CCOc2ccc(N)cc2)cc1. The van der Waals surface area contributed by atoms with Gasteiger partial charge in [-0.1, -0.05) is 31.2 Å². The Bertz CT molecular complexity index is 534. The van der Waals surface area contributed by atoms with Crippen LogP contribution in [0.15, 0.2) is 48.5 Å². The van der Waals surface area contributed by atoms with E-state index in [-0.39, 0.29) is 0 Å². The number of anilines is 1. The predicted octanol–water partition coefficient (Wildman–Crippen LogP) is 3.34. The summed E-state index contributed by atoms with van der Waals surface area (Å²) in [6.45, 7) is 4.68. The molecule has 21 heavy (non-hydrogen) atoms. The number of benzene rings is 2. The molecule has 2 rings (SSSR count). The van der Waals surface area contributed by atoms with Crippen LogP contribution in [0.3, 0.4) is 0 Å². The van der Waals surface area contributed by atoms with Crippen molar-refractivity contribution in [3.63, 3.8) is 0 Å². The Labute approximate surface area is 127 Å². The molecule has 0 fully saturated rings. The van der Waals surface area contributed by atoms with E-state index in [1.54, 1.807) is 0 Å². The standard InChI is InChI=1S/C18H24N2O/c1-3-15-4-6-16(7-5-15)14-20(2)12-13-21-18-10-8-17(19)9-11-18/h4-11H,3,12-14,19H2,1-2H3. The number of nitrogens with two attached hydrogens (primary N) is 1. The minimum atomic E-state index is 0.674. The summed E-state index contributed by atoms with van der Waals surface area (Å²) >= 11 is 0. The van der Waals surface area contributed by atoms with Gasteiger partial charge in [0.1, 0.15) is 12.4 Å². The summed E-state index contributed by atoms with van der Waals surface area (Å²) in [5.74, 6) is 0.866. The summed E-state index contributed by atoms with van der Waals surface area (Å²) in [4.78, 5) is 2.26. The van der Waals surface area contributed by atoms with E-state index in [1.165, 1.54) is 11.1 Å². The Morgan fingerprint density at radius 2 is 1.57 bits per heavy atom. The van der Waals surface area contributed by atoms with Crippen molar-refractivity contribution in [1.82, 2.24) is 4.90 Å². The largest absolute Gasteiger partial charge is 0.492 e. The van der Waals surface area contributed by atoms with Crippen molar-refractivity contribution in [3.8, 4) is 5.75 Å². The van der Waals surface area contributed by atoms with Crippen molar-refractivity contribution >= 4 is 5.69 Å². The fourth-order valence-electron chi connectivity index (χ4n) is 2.15. The van der Waals surface area contributed by atoms with Crippen molar-refractivity contribution in [2.24, 2.45) is 0 Å². The highest BCUT2D eigenvalue weighted by molar-refractivity contribution is 5.41. The van der Waals surface area contributed by atoms with Crippen molar-refractivity contribution in [2.75, 3.05) is 25.9 Å². The maximum absolute atomic E-state index is 5.71. The van der Waals surface area contributed by atoms with Crippen LogP contribution in [0.25, 0.3) is 0 Å². The zero-order valence-corrected chi connectivity index (χ0v) is 12.9. The van der Waals surface area contributed by atoms with E-state index in [9.17, 15) is 0 Å². The lowest BCUT2D eigenvalue weighted by molar-refractivity contribution is 0.233. The zero-order valence-electron chi connectivity index (χ0n) is 12.9. The van der Waals surface area contributed by atoms with Gasteiger partial charge in [0.15, 0.2) is 0 Å². The van der Waals surface area contributed by atoms with E-state index in [2.05, 4.69) is 43.1 Å². The van der Waals surface area contributed by atoms with Gasteiger partial charge in [-0.05, 0) is 48.9 Å². The van der Waals surface area contributed by atoms with Crippen LogP contribution in [0.4, 0.5) is 5.69 Å². The third kappa shape index (κ3) is 5.12. The number of hydrogen-bond acceptors (Lipinski definition) is 3. The van der Waals surface area contributed by atoms with Crippen LogP contribution in [0, 0.1) is 0 Å². The van der Waals surface area contributed by atoms with Crippen LogP contribution in [-0.2, 0) is 13.0 Å². The summed E-state index contributed by atoms with van der Waals surface area (Å²) in [7, 11) is 2.11. The van der Waals surface area contributed by atoms with E-state index in [0.717, 1.165) is 30.9 Å². The van der Waals surface area contributed by atoms with Gasteiger partial charge in [-0.25, -0.2) is 0 Å². The third-order valence-corrected chi connectivity index (χ3v) is 3.51. The molecule has 2 aromatic carbocycles. The van der Waals surface area contributed by atoms with Crippen LogP contribution in [0.1, 0.15) is 18.1 Å². The van der Waals surface area contributed by atoms with Crippen molar-refractivity contribution in [3.05, 3.63) is 59.7 Å². The first-order valence-electron chi connectivity index (χ1n) is 7.42. The molecule has 0 aromatic heterocycles. The van der Waals surface area contributed by atoms with Crippen LogP contribution in [0.5, 0.6) is 5.75 Å². The second-order valence-electron chi connectivity index (χ2n) is 5.33. The van der Waals surface area contributed by atoms with Crippen LogP contribution in [0.2, 0.25) is 0 Å². The first-order chi connectivity index (χ1) is 10.2. The number of aryl methyl sites for hydroxylation is 1. The van der Waals surface area contributed by atoms with Crippen molar-refractivity contribution < 1.29 is 4.74 Å². The Kier molecular flexibility index (Phi) is 5.64. The van der Waals surface area contributed by atoms with Crippen molar-refractivity contribution in [1.29, 1.82) is 0 Å². The van der Waals surface area contributed by atoms with Gasteiger partial charge in [0, 0.05) is 18.8 Å². The Balaban J connectivity index is 1.73. The number of nitrogens with zero attached hydrogens (tertiary/aromatic N) is 1. The average molecular weight is 284 g/mol. The molecule has 0 aliphatic heterocycles. The zero-order chi connectivity index (χ0) is 15.1. The highest BCUT2D eigenvalue weighted by atomic mass is 16.5. The van der Waals surface area contributed by atoms with E-state index in [1.807, 2.05) is 24.3 Å². The lowest BCUT2D eigenvalue weighted by atomic mass is 10.1. The molecule has 0 heterocycles. The van der Waals surface area contributed by atoms with Gasteiger partial charge in [0.25, 0.3) is 0 Å². The highest BCUT2D eigenvalue weighted by Crippen LogP contribution is 2.13. The molecule has 0 radical (unpaired) electrons. The molecule has 0 amide bonds. The number of hydrogen-bond donors (Lipinski definition) is 1. The molecule has 3 heteroatoms. The maximum atomic E-state index is 5.71. The predicted molar refractivity (Wildman–Crippen MR) is 88.5 cm³/mol. The Hall–Kier alpha value is -2.00. The maximum Gasteiger partial charge on any atom is 0.119 e. The molecule has 0 saturated carbocycles. The van der Waals surface area contributed by atoms with Gasteiger partial charge < -0.3 is 10.5 Å². The molecule has 112 valence electrons. The van der Waals surface area contributed by atoms with Gasteiger partial charge in [-0.2, -0.15) is 0 Å². The normalized spacial score (nSPS) is 10.8. The number of likely N-dealkylation sites (N-methyl/N-ethyl adjacent to an activating group) is 1. The lowest BCUT2D eigenvalue weighted by Crippen LogP contribution is -2.23. The lowest BCUT2D eigenvalue weighted by Gasteiger charge is -2.17. The number of nitrogen functional groups attached to an aromatic ring is 1. The quantitative estimate of drug-likeness (QED) is 0.793. The van der Waals surface area contributed by atoms with Gasteiger partial charge in [-0.15, -0.1) is 0 Å². The summed E-state index contributed by atoms with van der Waals surface area (Å²) < 4.78 is 5.71. The summed E-state index contributed by atoms with van der Waals surface area (Å²) in [6, 6.07) is 16.3. The number of rotatable bonds is 7. The van der Waals surface area contributed by atoms with Crippen LogP contribution < -0.4 is 10.5 Å². The monoisotopic (exact) mass is 284 g/mol. The molecular weight excluding hydrogens is 260 g/mol. The molecule has 0 spiro atoms. The first kappa shape index (κ1) is 15.4. The van der Waals surface area contributed by atoms with Gasteiger partial charge in [0.05, 0.1) is 0 Å². The van der Waals surface area contributed by atoms with Crippen molar-refractivity contribution in [2.45, 2.75) is 19.9 Å². The molecule has 0 saturated heterocycles. The molecule has 0 unspecified atom stereocenters. The second kappa shape index (κ2) is 7.70. The average Bonchev–Trinajstić information content (AvgIpc) is 2.50. The molecule has 2 N–H and O–H groups in total. The molecule has 0 aliphatic carbocycles. The van der Waals surface area contributed by atoms with E-state index >= 15 is 0 Å². The molecule has 0 aliphatic rings. The van der Waals surface area contributed by atoms with E-state index in [4.69, 9.17) is 10.5 Å². The third-order valence-electron chi connectivity index (χ3n) is 3.51.